The summed E-state index contributed by atoms with van der Waals surface area (Å²) in [5.74, 6) is 0.0118. The molecular weight excluding hydrogens is 264 g/mol. The molecule has 0 bridgehead atoms. The van der Waals surface area contributed by atoms with Crippen LogP contribution in [-0.2, 0) is 15.0 Å². The van der Waals surface area contributed by atoms with Crippen LogP contribution in [0, 0.1) is 0 Å². The van der Waals surface area contributed by atoms with Crippen LogP contribution in [-0.4, -0.2) is 17.9 Å². The highest BCUT2D eigenvalue weighted by molar-refractivity contribution is 6.08. The normalized spacial score (nSPS) is 27.1. The average molecular weight is 284 g/mol. The minimum Gasteiger partial charge on any atom is -0.348 e. The summed E-state index contributed by atoms with van der Waals surface area (Å²) in [5.41, 5.74) is 3.39. The number of para-hydroxylation sites is 1. The zero-order chi connectivity index (χ0) is 15.2. The van der Waals surface area contributed by atoms with Crippen LogP contribution in [0.3, 0.4) is 0 Å². The number of carbonyl (C=O) groups is 2. The summed E-state index contributed by atoms with van der Waals surface area (Å²) < 4.78 is 0. The van der Waals surface area contributed by atoms with Gasteiger partial charge in [-0.05, 0) is 38.8 Å². The summed E-state index contributed by atoms with van der Waals surface area (Å²) in [4.78, 5) is 24.7. The predicted octanol–water partition coefficient (Wildman–Crippen LogP) is 2.51. The molecule has 1 aromatic rings. The first kappa shape index (κ1) is 13.9. The fourth-order valence-electron chi connectivity index (χ4n) is 3.45. The maximum Gasteiger partial charge on any atom is 0.237 e. The van der Waals surface area contributed by atoms with Gasteiger partial charge in [-0.3, -0.25) is 9.59 Å². The monoisotopic (exact) mass is 284 g/mol. The molecule has 2 unspecified atom stereocenters. The Labute approximate surface area is 124 Å². The molecule has 1 saturated heterocycles. The van der Waals surface area contributed by atoms with E-state index in [2.05, 4.69) is 10.6 Å². The van der Waals surface area contributed by atoms with Gasteiger partial charge in [-0.15, -0.1) is 0 Å². The van der Waals surface area contributed by atoms with Crippen molar-refractivity contribution in [2.45, 2.75) is 45.1 Å². The molecule has 0 aliphatic carbocycles. The van der Waals surface area contributed by atoms with Crippen molar-refractivity contribution in [1.29, 1.82) is 0 Å². The van der Waals surface area contributed by atoms with Crippen molar-refractivity contribution in [3.05, 3.63) is 41.0 Å². The van der Waals surface area contributed by atoms with E-state index in [1.807, 2.05) is 45.0 Å². The van der Waals surface area contributed by atoms with E-state index in [-0.39, 0.29) is 17.9 Å². The standard InChI is InChI=1S/C17H20N2O2/c1-10(2)11(3)15-17(9-8-14(20)19-15)12-6-4-5-7-13(12)18-16(17)21/h4-7,15H,8-9H2,1-3H3,(H,18,21)(H,19,20). The summed E-state index contributed by atoms with van der Waals surface area (Å²) in [6.45, 7) is 6.03. The lowest BCUT2D eigenvalue weighted by molar-refractivity contribution is -0.129. The smallest absolute Gasteiger partial charge is 0.237 e. The Balaban J connectivity index is 2.20. The van der Waals surface area contributed by atoms with Gasteiger partial charge in [0.15, 0.2) is 0 Å². The highest BCUT2D eigenvalue weighted by atomic mass is 16.2. The van der Waals surface area contributed by atoms with Gasteiger partial charge in [0.1, 0.15) is 5.41 Å². The fraction of sp³-hybridized carbons (Fsp3) is 0.412. The van der Waals surface area contributed by atoms with Gasteiger partial charge < -0.3 is 10.6 Å². The highest BCUT2D eigenvalue weighted by Gasteiger charge is 2.55. The molecule has 21 heavy (non-hydrogen) atoms. The van der Waals surface area contributed by atoms with Gasteiger partial charge in [-0.2, -0.15) is 0 Å². The van der Waals surface area contributed by atoms with Gasteiger partial charge in [0, 0.05) is 12.1 Å². The third-order valence-corrected chi connectivity index (χ3v) is 4.83. The summed E-state index contributed by atoms with van der Waals surface area (Å²) in [5, 5.41) is 6.03. The summed E-state index contributed by atoms with van der Waals surface area (Å²) in [7, 11) is 0. The molecule has 2 atom stereocenters. The lowest BCUT2D eigenvalue weighted by atomic mass is 9.67. The highest BCUT2D eigenvalue weighted by Crippen LogP contribution is 2.47. The molecule has 2 aliphatic heterocycles. The van der Waals surface area contributed by atoms with Crippen molar-refractivity contribution >= 4 is 17.5 Å². The third kappa shape index (κ3) is 1.89. The van der Waals surface area contributed by atoms with Crippen molar-refractivity contribution in [3.8, 4) is 0 Å². The molecule has 2 heterocycles. The molecule has 4 nitrogen and oxygen atoms in total. The van der Waals surface area contributed by atoms with E-state index >= 15 is 0 Å². The Morgan fingerprint density at radius 1 is 1.19 bits per heavy atom. The Bertz CT molecular complexity index is 659. The Hall–Kier alpha value is -2.10. The van der Waals surface area contributed by atoms with Gasteiger partial charge in [0.05, 0.1) is 6.04 Å². The van der Waals surface area contributed by atoms with E-state index in [9.17, 15) is 9.59 Å². The minimum absolute atomic E-state index is 0.00528. The van der Waals surface area contributed by atoms with Crippen LogP contribution < -0.4 is 10.6 Å². The topological polar surface area (TPSA) is 58.2 Å². The Morgan fingerprint density at radius 2 is 1.90 bits per heavy atom. The lowest BCUT2D eigenvalue weighted by Gasteiger charge is -2.41. The number of rotatable bonds is 1. The number of carbonyl (C=O) groups excluding carboxylic acids is 2. The van der Waals surface area contributed by atoms with Crippen molar-refractivity contribution < 1.29 is 9.59 Å². The maximum absolute atomic E-state index is 12.8. The van der Waals surface area contributed by atoms with E-state index < -0.39 is 5.41 Å². The van der Waals surface area contributed by atoms with Crippen molar-refractivity contribution in [1.82, 2.24) is 5.32 Å². The van der Waals surface area contributed by atoms with Crippen LogP contribution in [0.2, 0.25) is 0 Å². The Kier molecular flexibility index (Phi) is 3.12. The second-order valence-electron chi connectivity index (χ2n) is 6.15. The van der Waals surface area contributed by atoms with E-state index in [1.54, 1.807) is 0 Å². The molecule has 1 fully saturated rings. The summed E-state index contributed by atoms with van der Waals surface area (Å²) in [6, 6.07) is 7.52. The number of piperidine rings is 1. The molecule has 2 aliphatic rings. The zero-order valence-electron chi connectivity index (χ0n) is 12.6. The average Bonchev–Trinajstić information content (AvgIpc) is 2.74. The van der Waals surface area contributed by atoms with Gasteiger partial charge in [-0.1, -0.05) is 29.3 Å². The van der Waals surface area contributed by atoms with Crippen LogP contribution >= 0.6 is 0 Å². The predicted molar refractivity (Wildman–Crippen MR) is 82.0 cm³/mol. The number of nitrogens with one attached hydrogen (secondary N) is 2. The molecule has 0 aromatic heterocycles. The van der Waals surface area contributed by atoms with Crippen LogP contribution in [0.4, 0.5) is 5.69 Å². The van der Waals surface area contributed by atoms with Crippen molar-refractivity contribution in [2.75, 3.05) is 5.32 Å². The molecule has 2 amide bonds. The summed E-state index contributed by atoms with van der Waals surface area (Å²) >= 11 is 0. The molecule has 1 spiro atoms. The number of anilines is 1. The molecular formula is C17H20N2O2. The zero-order valence-corrected chi connectivity index (χ0v) is 12.6. The van der Waals surface area contributed by atoms with E-state index in [0.717, 1.165) is 22.4 Å². The van der Waals surface area contributed by atoms with E-state index in [1.165, 1.54) is 0 Å². The van der Waals surface area contributed by atoms with Crippen LogP contribution in [0.15, 0.2) is 35.4 Å². The van der Waals surface area contributed by atoms with Crippen LogP contribution in [0.5, 0.6) is 0 Å². The third-order valence-electron chi connectivity index (χ3n) is 4.83. The second kappa shape index (κ2) is 4.72. The maximum atomic E-state index is 12.8. The molecule has 2 N–H and O–H groups in total. The number of benzene rings is 1. The summed E-state index contributed by atoms with van der Waals surface area (Å²) in [6.07, 6.45) is 0.936. The number of hydrogen-bond acceptors (Lipinski definition) is 2. The lowest BCUT2D eigenvalue weighted by Crippen LogP contribution is -2.58. The van der Waals surface area contributed by atoms with Gasteiger partial charge >= 0.3 is 0 Å². The fourth-order valence-corrected chi connectivity index (χ4v) is 3.45. The van der Waals surface area contributed by atoms with Gasteiger partial charge in [0.25, 0.3) is 0 Å². The van der Waals surface area contributed by atoms with Crippen LogP contribution in [0.1, 0.15) is 39.2 Å². The number of hydrogen-bond donors (Lipinski definition) is 2. The van der Waals surface area contributed by atoms with E-state index in [0.29, 0.717) is 12.8 Å². The molecule has 3 rings (SSSR count). The quantitative estimate of drug-likeness (QED) is 0.778. The molecule has 0 radical (unpaired) electrons. The molecule has 0 saturated carbocycles. The number of allylic oxidation sites excluding steroid dienone is 1. The first-order chi connectivity index (χ1) is 9.96. The second-order valence-corrected chi connectivity index (χ2v) is 6.15. The molecule has 110 valence electrons. The van der Waals surface area contributed by atoms with Crippen LogP contribution in [0.25, 0.3) is 0 Å². The first-order valence-corrected chi connectivity index (χ1v) is 7.31. The minimum atomic E-state index is -0.675. The van der Waals surface area contributed by atoms with E-state index in [4.69, 9.17) is 0 Å². The SMILES string of the molecule is CC(C)=C(C)C1NC(=O)CCC12C(=O)Nc1ccccc12. The first-order valence-electron chi connectivity index (χ1n) is 7.31. The van der Waals surface area contributed by atoms with Gasteiger partial charge in [-0.25, -0.2) is 0 Å². The van der Waals surface area contributed by atoms with Gasteiger partial charge in [0.2, 0.25) is 11.8 Å². The number of fused-ring (bicyclic) bond motifs is 2. The molecule has 1 aromatic carbocycles. The van der Waals surface area contributed by atoms with Crippen molar-refractivity contribution in [3.63, 3.8) is 0 Å². The Morgan fingerprint density at radius 3 is 2.62 bits per heavy atom. The molecule has 4 heteroatoms. The number of amides is 2. The largest absolute Gasteiger partial charge is 0.348 e. The van der Waals surface area contributed by atoms with Crippen molar-refractivity contribution in [2.24, 2.45) is 0 Å².